The van der Waals surface area contributed by atoms with Crippen molar-refractivity contribution in [1.82, 2.24) is 4.90 Å². The number of hydrogen-bond donors (Lipinski definition) is 0. The standard InChI is InChI=1S/C5H9N2O2S.BrH.Zn/c1-4-10(8,9)6-5-7(2)3;;/h5H,1H2,2-3H3;1H;/q;;+1/p-1. The third-order valence-electron chi connectivity index (χ3n) is 0.931. The van der Waals surface area contributed by atoms with Crippen molar-refractivity contribution in [2.24, 2.45) is 4.40 Å². The summed E-state index contributed by atoms with van der Waals surface area (Å²) in [5, 5.41) is 0. The summed E-state index contributed by atoms with van der Waals surface area (Å²) in [6.07, 6.45) is 1.26. The van der Waals surface area contributed by atoms with Gasteiger partial charge in [-0.3, -0.25) is 0 Å². The van der Waals surface area contributed by atoms with Crippen LogP contribution in [0, 0.1) is 0 Å². The zero-order valence-electron chi connectivity index (χ0n) is 6.99. The summed E-state index contributed by atoms with van der Waals surface area (Å²) >= 11 is 1.87. The van der Waals surface area contributed by atoms with Crippen molar-refractivity contribution >= 4 is 30.0 Å². The number of rotatable bonds is 4. The SMILES string of the molecule is C=[C]([Zn][Br])S(=O)(=O)N=CN(C)C. The van der Waals surface area contributed by atoms with Crippen molar-refractivity contribution in [2.45, 2.75) is 0 Å². The molecule has 0 atom stereocenters. The topological polar surface area (TPSA) is 49.7 Å². The van der Waals surface area contributed by atoms with Crippen LogP contribution in [0.25, 0.3) is 0 Å². The van der Waals surface area contributed by atoms with Crippen LogP contribution >= 0.6 is 13.6 Å². The molecule has 0 spiro atoms. The van der Waals surface area contributed by atoms with Crippen LogP contribution in [-0.4, -0.2) is 33.8 Å². The Morgan fingerprint density at radius 2 is 2.17 bits per heavy atom. The van der Waals surface area contributed by atoms with Gasteiger partial charge in [0.25, 0.3) is 0 Å². The van der Waals surface area contributed by atoms with Gasteiger partial charge in [0, 0.05) is 0 Å². The van der Waals surface area contributed by atoms with Crippen molar-refractivity contribution in [3.8, 4) is 0 Å². The average molecular weight is 307 g/mol. The van der Waals surface area contributed by atoms with Gasteiger partial charge in [-0.1, -0.05) is 0 Å². The minimum atomic E-state index is -3.44. The molecule has 0 saturated heterocycles. The molecule has 0 N–H and O–H groups in total. The number of sulfonamides is 1. The molecule has 7 heteroatoms. The van der Waals surface area contributed by atoms with Gasteiger partial charge in [0.15, 0.2) is 0 Å². The van der Waals surface area contributed by atoms with E-state index in [4.69, 9.17) is 0 Å². The maximum atomic E-state index is 11.2. The van der Waals surface area contributed by atoms with E-state index in [-0.39, 0.29) is 3.50 Å². The molecule has 0 aromatic heterocycles. The number of halogens is 1. The van der Waals surface area contributed by atoms with Gasteiger partial charge in [0.2, 0.25) is 0 Å². The molecule has 0 bridgehead atoms. The van der Waals surface area contributed by atoms with Gasteiger partial charge in [-0.25, -0.2) is 0 Å². The van der Waals surface area contributed by atoms with Gasteiger partial charge in [0.05, 0.1) is 0 Å². The zero-order valence-corrected chi connectivity index (χ0v) is 12.4. The third-order valence-corrected chi connectivity index (χ3v) is 11.1. The van der Waals surface area contributed by atoms with E-state index in [1.165, 1.54) is 6.34 Å². The molecule has 4 nitrogen and oxygen atoms in total. The van der Waals surface area contributed by atoms with Crippen LogP contribution in [0.3, 0.4) is 0 Å². The molecule has 0 fully saturated rings. The van der Waals surface area contributed by atoms with E-state index in [1.54, 1.807) is 19.0 Å². The Kier molecular flexibility index (Phi) is 5.20. The summed E-state index contributed by atoms with van der Waals surface area (Å²) < 4.78 is 26.0. The molecule has 0 aromatic rings. The van der Waals surface area contributed by atoms with E-state index in [1.807, 2.05) is 0 Å². The number of nitrogens with zero attached hydrogens (tertiary/aromatic N) is 2. The molecule has 66 valence electrons. The molecule has 0 aromatic carbocycles. The van der Waals surface area contributed by atoms with Crippen molar-refractivity contribution in [3.05, 3.63) is 10.1 Å². The second kappa shape index (κ2) is 5.09. The molecular formula is C5H9BrN2O2SZn. The molecule has 0 unspecified atom stereocenters. The summed E-state index contributed by atoms with van der Waals surface area (Å²) in [6.45, 7) is 3.44. The summed E-state index contributed by atoms with van der Waals surface area (Å²) in [4.78, 5) is 1.56. The van der Waals surface area contributed by atoms with E-state index in [0.717, 1.165) is 0 Å². The zero-order chi connectivity index (χ0) is 9.78. The summed E-state index contributed by atoms with van der Waals surface area (Å²) in [6, 6.07) is 0. The molecule has 0 aliphatic carbocycles. The second-order valence-electron chi connectivity index (χ2n) is 2.33. The predicted octanol–water partition coefficient (Wildman–Crippen LogP) is 0.770. The van der Waals surface area contributed by atoms with Crippen LogP contribution in [0.15, 0.2) is 14.5 Å². The van der Waals surface area contributed by atoms with E-state index in [2.05, 4.69) is 24.6 Å². The first-order chi connectivity index (χ1) is 5.40. The predicted molar refractivity (Wildman–Crippen MR) is 49.2 cm³/mol. The molecule has 0 rings (SSSR count). The Bertz CT molecular complexity index is 286. The van der Waals surface area contributed by atoms with Crippen molar-refractivity contribution in [2.75, 3.05) is 14.1 Å². The van der Waals surface area contributed by atoms with Crippen molar-refractivity contribution in [1.29, 1.82) is 0 Å². The van der Waals surface area contributed by atoms with Crippen LogP contribution in [0.2, 0.25) is 0 Å². The van der Waals surface area contributed by atoms with Crippen molar-refractivity contribution < 1.29 is 23.6 Å². The normalized spacial score (nSPS) is 11.2. The third kappa shape index (κ3) is 4.33. The number of hydrogen-bond acceptors (Lipinski definition) is 2. The van der Waals surface area contributed by atoms with Crippen LogP contribution in [0.4, 0.5) is 0 Å². The molecular weight excluding hydrogens is 297 g/mol. The van der Waals surface area contributed by atoms with Gasteiger partial charge in [-0.05, 0) is 0 Å². The van der Waals surface area contributed by atoms with E-state index in [9.17, 15) is 8.42 Å². The van der Waals surface area contributed by atoms with E-state index >= 15 is 0 Å². The fourth-order valence-corrected chi connectivity index (χ4v) is 6.75. The fraction of sp³-hybridized carbons (Fsp3) is 0.400. The summed E-state index contributed by atoms with van der Waals surface area (Å²) in [5.41, 5.74) is 0. The monoisotopic (exact) mass is 304 g/mol. The molecule has 0 aliphatic rings. The first-order valence-electron chi connectivity index (χ1n) is 3.11. The average Bonchev–Trinajstić information content (AvgIpc) is 1.99. The first-order valence-corrected chi connectivity index (χ1v) is 13.0. The van der Waals surface area contributed by atoms with Crippen LogP contribution in [0.5, 0.6) is 0 Å². The Morgan fingerprint density at radius 1 is 1.67 bits per heavy atom. The van der Waals surface area contributed by atoms with Crippen LogP contribution < -0.4 is 0 Å². The Labute approximate surface area is 86.7 Å². The van der Waals surface area contributed by atoms with E-state index < -0.39 is 25.2 Å². The maximum absolute atomic E-state index is 11.2. The minimum absolute atomic E-state index is 0.244. The molecule has 0 amide bonds. The fourth-order valence-electron chi connectivity index (χ4n) is 0.300. The molecule has 0 radical (unpaired) electrons. The van der Waals surface area contributed by atoms with Crippen molar-refractivity contribution in [3.63, 3.8) is 0 Å². The van der Waals surface area contributed by atoms with Gasteiger partial charge in [-0.15, -0.1) is 0 Å². The quantitative estimate of drug-likeness (QED) is 0.438. The Balaban J connectivity index is 4.56. The van der Waals surface area contributed by atoms with Gasteiger partial charge in [0.1, 0.15) is 0 Å². The second-order valence-corrected chi connectivity index (χ2v) is 10.4. The van der Waals surface area contributed by atoms with Crippen LogP contribution in [0.1, 0.15) is 0 Å². The van der Waals surface area contributed by atoms with Gasteiger partial charge < -0.3 is 0 Å². The van der Waals surface area contributed by atoms with E-state index in [0.29, 0.717) is 0 Å². The summed E-state index contributed by atoms with van der Waals surface area (Å²) in [5.74, 6) is 0. The van der Waals surface area contributed by atoms with Gasteiger partial charge >= 0.3 is 87.0 Å². The molecule has 0 heterocycles. The Hall–Kier alpha value is 0.263. The first kappa shape index (κ1) is 12.3. The van der Waals surface area contributed by atoms with Crippen LogP contribution in [-0.2, 0) is 25.2 Å². The molecule has 12 heavy (non-hydrogen) atoms. The van der Waals surface area contributed by atoms with Gasteiger partial charge in [-0.2, -0.15) is 0 Å². The summed E-state index contributed by atoms with van der Waals surface area (Å²) in [7, 11) is -0.0242. The molecule has 0 aliphatic heterocycles. The molecule has 0 saturated carbocycles. The Morgan fingerprint density at radius 3 is 2.50 bits per heavy atom.